The van der Waals surface area contributed by atoms with Crippen LogP contribution in [0.2, 0.25) is 0 Å². The molecule has 1 aromatic carbocycles. The minimum absolute atomic E-state index is 0.1000. The fourth-order valence-electron chi connectivity index (χ4n) is 2.05. The average molecular weight is 320 g/mol. The Morgan fingerprint density at radius 2 is 1.52 bits per heavy atom. The van der Waals surface area contributed by atoms with Crippen molar-refractivity contribution in [2.45, 2.75) is 65.6 Å². The Balaban J connectivity index is 2.32. The van der Waals surface area contributed by atoms with Gasteiger partial charge in [0.15, 0.2) is 0 Å². The second kappa shape index (κ2) is 10.0. The van der Waals surface area contributed by atoms with Crippen molar-refractivity contribution in [3.63, 3.8) is 0 Å². The highest BCUT2D eigenvalue weighted by Gasteiger charge is 2.16. The quantitative estimate of drug-likeness (QED) is 0.631. The lowest BCUT2D eigenvalue weighted by Crippen LogP contribution is -2.20. The largest absolute Gasteiger partial charge is 0.462 e. The zero-order chi connectivity index (χ0) is 17.2. The molecule has 2 unspecified atom stereocenters. The molecule has 0 heterocycles. The molecule has 23 heavy (non-hydrogen) atoms. The van der Waals surface area contributed by atoms with Crippen LogP contribution in [-0.4, -0.2) is 18.0 Å². The van der Waals surface area contributed by atoms with Crippen LogP contribution >= 0.6 is 0 Å². The molecule has 0 radical (unpaired) electrons. The van der Waals surface area contributed by atoms with Gasteiger partial charge < -0.3 is 9.47 Å². The van der Waals surface area contributed by atoms with Crippen molar-refractivity contribution in [3.8, 4) is 0 Å². The van der Waals surface area contributed by atoms with Gasteiger partial charge in [-0.2, -0.15) is 0 Å². The lowest BCUT2D eigenvalue weighted by molar-refractivity contribution is -0.151. The number of ether oxygens (including phenoxy) is 2. The standard InChI is InChI=1S/C19H28O4/c1-5-17(16-10-7-6-8-11-16)23-19(21)13-9-12-18(20)22-15(4)14(2)3/h6-8,10-11,14-15,17H,5,9,12-13H2,1-4H3. The number of hydrogen-bond acceptors (Lipinski definition) is 4. The summed E-state index contributed by atoms with van der Waals surface area (Å²) in [5, 5.41) is 0. The van der Waals surface area contributed by atoms with Crippen LogP contribution in [0.5, 0.6) is 0 Å². The van der Waals surface area contributed by atoms with Crippen molar-refractivity contribution in [1.29, 1.82) is 0 Å². The lowest BCUT2D eigenvalue weighted by atomic mass is 10.1. The molecule has 1 rings (SSSR count). The summed E-state index contributed by atoms with van der Waals surface area (Å²) in [7, 11) is 0. The summed E-state index contributed by atoms with van der Waals surface area (Å²) < 4.78 is 10.8. The van der Waals surface area contributed by atoms with Crippen LogP contribution in [0.1, 0.15) is 65.0 Å². The highest BCUT2D eigenvalue weighted by Crippen LogP contribution is 2.21. The maximum Gasteiger partial charge on any atom is 0.306 e. The first-order chi connectivity index (χ1) is 10.9. The van der Waals surface area contributed by atoms with E-state index in [9.17, 15) is 9.59 Å². The molecular weight excluding hydrogens is 292 g/mol. The molecule has 2 atom stereocenters. The van der Waals surface area contributed by atoms with E-state index >= 15 is 0 Å². The van der Waals surface area contributed by atoms with Gasteiger partial charge in [-0.05, 0) is 31.2 Å². The number of hydrogen-bond donors (Lipinski definition) is 0. The molecule has 0 saturated carbocycles. The molecule has 0 N–H and O–H groups in total. The van der Waals surface area contributed by atoms with E-state index in [1.54, 1.807) is 0 Å². The minimum Gasteiger partial charge on any atom is -0.462 e. The van der Waals surface area contributed by atoms with Crippen LogP contribution < -0.4 is 0 Å². The fourth-order valence-corrected chi connectivity index (χ4v) is 2.05. The first-order valence-corrected chi connectivity index (χ1v) is 8.38. The number of esters is 2. The molecule has 0 aliphatic rings. The number of carbonyl (C=O) groups excluding carboxylic acids is 2. The summed E-state index contributed by atoms with van der Waals surface area (Å²) in [4.78, 5) is 23.6. The summed E-state index contributed by atoms with van der Waals surface area (Å²) in [5.41, 5.74) is 0.994. The molecule has 0 bridgehead atoms. The fraction of sp³-hybridized carbons (Fsp3) is 0.579. The molecular formula is C19H28O4. The van der Waals surface area contributed by atoms with E-state index in [4.69, 9.17) is 9.47 Å². The summed E-state index contributed by atoms with van der Waals surface area (Å²) in [6.45, 7) is 7.87. The van der Waals surface area contributed by atoms with Crippen LogP contribution in [0.25, 0.3) is 0 Å². The van der Waals surface area contributed by atoms with E-state index in [1.807, 2.05) is 58.0 Å². The van der Waals surface area contributed by atoms with Crippen molar-refractivity contribution in [3.05, 3.63) is 35.9 Å². The molecule has 0 aliphatic heterocycles. The van der Waals surface area contributed by atoms with Gasteiger partial charge in [0.2, 0.25) is 0 Å². The predicted octanol–water partition coefficient (Wildman–Crippen LogP) is 4.44. The Kier molecular flexibility index (Phi) is 8.38. The normalized spacial score (nSPS) is 13.4. The molecule has 4 nitrogen and oxygen atoms in total. The third-order valence-electron chi connectivity index (χ3n) is 3.83. The van der Waals surface area contributed by atoms with Gasteiger partial charge >= 0.3 is 11.9 Å². The summed E-state index contributed by atoms with van der Waals surface area (Å²) >= 11 is 0. The van der Waals surface area contributed by atoms with Gasteiger partial charge in [0.25, 0.3) is 0 Å². The Hall–Kier alpha value is -1.84. The molecule has 0 fully saturated rings. The third-order valence-corrected chi connectivity index (χ3v) is 3.83. The van der Waals surface area contributed by atoms with Gasteiger partial charge in [-0.25, -0.2) is 0 Å². The van der Waals surface area contributed by atoms with Crippen molar-refractivity contribution >= 4 is 11.9 Å². The number of benzene rings is 1. The summed E-state index contributed by atoms with van der Waals surface area (Å²) in [6.07, 6.45) is 1.33. The smallest absolute Gasteiger partial charge is 0.306 e. The van der Waals surface area contributed by atoms with Gasteiger partial charge in [0.1, 0.15) is 12.2 Å². The molecule has 4 heteroatoms. The van der Waals surface area contributed by atoms with Crippen LogP contribution in [0.4, 0.5) is 0 Å². The minimum atomic E-state index is -0.273. The van der Waals surface area contributed by atoms with E-state index in [2.05, 4.69) is 0 Å². The molecule has 0 aliphatic carbocycles. The zero-order valence-electron chi connectivity index (χ0n) is 14.6. The Morgan fingerprint density at radius 3 is 2.04 bits per heavy atom. The van der Waals surface area contributed by atoms with Gasteiger partial charge in [-0.3, -0.25) is 9.59 Å². The van der Waals surface area contributed by atoms with Crippen molar-refractivity contribution in [2.24, 2.45) is 5.92 Å². The molecule has 0 spiro atoms. The predicted molar refractivity (Wildman–Crippen MR) is 89.8 cm³/mol. The van der Waals surface area contributed by atoms with E-state index in [1.165, 1.54) is 0 Å². The average Bonchev–Trinajstić information content (AvgIpc) is 2.53. The lowest BCUT2D eigenvalue weighted by Gasteiger charge is -2.17. The van der Waals surface area contributed by atoms with E-state index in [0.29, 0.717) is 12.3 Å². The molecule has 0 amide bonds. The van der Waals surface area contributed by atoms with Crippen molar-refractivity contribution in [1.82, 2.24) is 0 Å². The van der Waals surface area contributed by atoms with E-state index in [-0.39, 0.29) is 37.0 Å². The van der Waals surface area contributed by atoms with Crippen LogP contribution in [-0.2, 0) is 19.1 Å². The van der Waals surface area contributed by atoms with Crippen molar-refractivity contribution in [2.75, 3.05) is 0 Å². The third kappa shape index (κ3) is 7.31. The van der Waals surface area contributed by atoms with Gasteiger partial charge in [-0.1, -0.05) is 51.1 Å². The first kappa shape index (κ1) is 19.2. The summed E-state index contributed by atoms with van der Waals surface area (Å²) in [6, 6.07) is 9.69. The zero-order valence-corrected chi connectivity index (χ0v) is 14.6. The van der Waals surface area contributed by atoms with Gasteiger partial charge in [-0.15, -0.1) is 0 Å². The first-order valence-electron chi connectivity index (χ1n) is 8.38. The van der Waals surface area contributed by atoms with Crippen LogP contribution in [0.3, 0.4) is 0 Å². The topological polar surface area (TPSA) is 52.6 Å². The van der Waals surface area contributed by atoms with Crippen molar-refractivity contribution < 1.29 is 19.1 Å². The monoisotopic (exact) mass is 320 g/mol. The molecule has 1 aromatic rings. The maximum absolute atomic E-state index is 11.9. The van der Waals surface area contributed by atoms with Crippen LogP contribution in [0.15, 0.2) is 30.3 Å². The van der Waals surface area contributed by atoms with Gasteiger partial charge in [0.05, 0.1) is 0 Å². The molecule has 0 aromatic heterocycles. The Labute approximate surface area is 139 Å². The Morgan fingerprint density at radius 1 is 0.957 bits per heavy atom. The van der Waals surface area contributed by atoms with Crippen LogP contribution in [0, 0.1) is 5.92 Å². The maximum atomic E-state index is 11.9. The number of carbonyl (C=O) groups is 2. The highest BCUT2D eigenvalue weighted by atomic mass is 16.5. The SMILES string of the molecule is CCC(OC(=O)CCCC(=O)OC(C)C(C)C)c1ccccc1. The van der Waals surface area contributed by atoms with Gasteiger partial charge in [0, 0.05) is 12.8 Å². The summed E-state index contributed by atoms with van der Waals surface area (Å²) in [5.74, 6) is -0.236. The number of rotatable bonds is 9. The molecule has 0 saturated heterocycles. The second-order valence-electron chi connectivity index (χ2n) is 6.09. The Bertz CT molecular complexity index is 481. The molecule has 128 valence electrons. The second-order valence-corrected chi connectivity index (χ2v) is 6.09. The highest BCUT2D eigenvalue weighted by molar-refractivity contribution is 5.72. The van der Waals surface area contributed by atoms with E-state index in [0.717, 1.165) is 12.0 Å². The van der Waals surface area contributed by atoms with E-state index < -0.39 is 0 Å².